The van der Waals surface area contributed by atoms with Crippen LogP contribution in [0.1, 0.15) is 19.3 Å². The van der Waals surface area contributed by atoms with E-state index in [4.69, 9.17) is 79.1 Å². The van der Waals surface area contributed by atoms with Gasteiger partial charge in [0.05, 0.1) is 20.1 Å². The Labute approximate surface area is 185 Å². The smallest absolute Gasteiger partial charge is 0.311 e. The Balaban J connectivity index is 1.88. The predicted octanol–water partition coefficient (Wildman–Crippen LogP) is 7.29. The fraction of sp³-hybridized carbons (Fsp3) is 0.176. The minimum Gasteiger partial charge on any atom is -0.423 e. The number of benzene rings is 2. The molecule has 0 aliphatic heterocycles. The standard InChI is InChI=1S/C17H10Cl6O4/c18-8-4-6-10(20)16(14(8)22)26-12(24)2-1-3-13(25)27-17-11(21)7-5-9(19)15(17)23/h4-7H,1-3H2. The van der Waals surface area contributed by atoms with Crippen LogP contribution in [-0.4, -0.2) is 11.9 Å². The van der Waals surface area contributed by atoms with E-state index in [1.165, 1.54) is 24.3 Å². The van der Waals surface area contributed by atoms with E-state index >= 15 is 0 Å². The summed E-state index contributed by atoms with van der Waals surface area (Å²) >= 11 is 35.5. The number of carbonyl (C=O) groups excluding carboxylic acids is 2. The summed E-state index contributed by atoms with van der Waals surface area (Å²) in [4.78, 5) is 23.9. The highest BCUT2D eigenvalue weighted by molar-refractivity contribution is 6.45. The lowest BCUT2D eigenvalue weighted by Gasteiger charge is -2.10. The molecule has 0 spiro atoms. The zero-order valence-electron chi connectivity index (χ0n) is 13.3. The Morgan fingerprint density at radius 3 is 1.33 bits per heavy atom. The van der Waals surface area contributed by atoms with Crippen LogP contribution in [0.3, 0.4) is 0 Å². The third kappa shape index (κ3) is 6.05. The van der Waals surface area contributed by atoms with Crippen molar-refractivity contribution in [2.45, 2.75) is 19.3 Å². The molecule has 0 aromatic heterocycles. The first-order valence-corrected chi connectivity index (χ1v) is 9.65. The van der Waals surface area contributed by atoms with Gasteiger partial charge in [-0.25, -0.2) is 0 Å². The van der Waals surface area contributed by atoms with Gasteiger partial charge in [-0.3, -0.25) is 9.59 Å². The highest BCUT2D eigenvalue weighted by Crippen LogP contribution is 2.39. The molecule has 0 saturated heterocycles. The predicted molar refractivity (Wildman–Crippen MR) is 108 cm³/mol. The molecule has 10 heteroatoms. The maximum Gasteiger partial charge on any atom is 0.311 e. The van der Waals surface area contributed by atoms with E-state index in [0.717, 1.165) is 0 Å². The summed E-state index contributed by atoms with van der Waals surface area (Å²) in [7, 11) is 0. The third-order valence-corrected chi connectivity index (χ3v) is 5.37. The molecule has 0 saturated carbocycles. The van der Waals surface area contributed by atoms with E-state index in [1.807, 2.05) is 0 Å². The highest BCUT2D eigenvalue weighted by Gasteiger charge is 2.17. The quantitative estimate of drug-likeness (QED) is 0.242. The molecule has 0 amide bonds. The van der Waals surface area contributed by atoms with Crippen LogP contribution in [-0.2, 0) is 9.59 Å². The van der Waals surface area contributed by atoms with Crippen LogP contribution >= 0.6 is 69.6 Å². The van der Waals surface area contributed by atoms with Crippen molar-refractivity contribution >= 4 is 81.5 Å². The van der Waals surface area contributed by atoms with Crippen molar-refractivity contribution in [2.75, 3.05) is 0 Å². The fourth-order valence-electron chi connectivity index (χ4n) is 1.91. The molecule has 0 unspecified atom stereocenters. The van der Waals surface area contributed by atoms with Crippen molar-refractivity contribution in [3.05, 3.63) is 54.4 Å². The molecule has 0 aliphatic rings. The minimum atomic E-state index is -0.632. The summed E-state index contributed by atoms with van der Waals surface area (Å²) in [6.45, 7) is 0. The van der Waals surface area contributed by atoms with Gasteiger partial charge in [-0.1, -0.05) is 69.6 Å². The molecule has 27 heavy (non-hydrogen) atoms. The van der Waals surface area contributed by atoms with Crippen LogP contribution in [0.25, 0.3) is 0 Å². The highest BCUT2D eigenvalue weighted by atomic mass is 35.5. The van der Waals surface area contributed by atoms with E-state index in [1.54, 1.807) is 0 Å². The number of esters is 2. The Bertz CT molecular complexity index is 813. The first kappa shape index (κ1) is 22.4. The molecule has 0 fully saturated rings. The summed E-state index contributed by atoms with van der Waals surface area (Å²) in [6, 6.07) is 5.86. The Hall–Kier alpha value is -0.880. The van der Waals surface area contributed by atoms with Gasteiger partial charge in [-0.2, -0.15) is 0 Å². The van der Waals surface area contributed by atoms with Gasteiger partial charge in [0, 0.05) is 12.8 Å². The Morgan fingerprint density at radius 2 is 0.963 bits per heavy atom. The first-order valence-electron chi connectivity index (χ1n) is 7.39. The maximum absolute atomic E-state index is 11.9. The molecule has 0 atom stereocenters. The molecular weight excluding hydrogens is 481 g/mol. The molecule has 2 aromatic rings. The fourth-order valence-corrected chi connectivity index (χ4v) is 3.10. The van der Waals surface area contributed by atoms with Crippen LogP contribution in [0.4, 0.5) is 0 Å². The molecule has 0 aliphatic carbocycles. The topological polar surface area (TPSA) is 52.6 Å². The van der Waals surface area contributed by atoms with Gasteiger partial charge in [-0.05, 0) is 30.7 Å². The van der Waals surface area contributed by atoms with Gasteiger partial charge >= 0.3 is 11.9 Å². The molecule has 0 heterocycles. The normalized spacial score (nSPS) is 10.6. The van der Waals surface area contributed by atoms with Crippen molar-refractivity contribution in [1.29, 1.82) is 0 Å². The van der Waals surface area contributed by atoms with E-state index in [2.05, 4.69) is 0 Å². The summed E-state index contributed by atoms with van der Waals surface area (Å²) in [5.74, 6) is -1.33. The van der Waals surface area contributed by atoms with Crippen molar-refractivity contribution < 1.29 is 19.1 Å². The van der Waals surface area contributed by atoms with Crippen LogP contribution in [0.5, 0.6) is 11.5 Å². The van der Waals surface area contributed by atoms with Crippen LogP contribution in [0, 0.1) is 0 Å². The molecule has 4 nitrogen and oxygen atoms in total. The summed E-state index contributed by atoms with van der Waals surface area (Å²) in [5.41, 5.74) is 0. The number of ether oxygens (including phenoxy) is 2. The zero-order valence-corrected chi connectivity index (χ0v) is 17.9. The van der Waals surface area contributed by atoms with Crippen LogP contribution in [0.2, 0.25) is 30.1 Å². The lowest BCUT2D eigenvalue weighted by molar-refractivity contribution is -0.136. The van der Waals surface area contributed by atoms with Crippen molar-refractivity contribution in [3.8, 4) is 11.5 Å². The molecular formula is C17H10Cl6O4. The second kappa shape index (κ2) is 10.1. The van der Waals surface area contributed by atoms with Gasteiger partial charge in [0.2, 0.25) is 0 Å². The van der Waals surface area contributed by atoms with Gasteiger partial charge in [0.15, 0.2) is 11.5 Å². The molecule has 0 bridgehead atoms. The van der Waals surface area contributed by atoms with E-state index < -0.39 is 11.9 Å². The minimum absolute atomic E-state index is 0.0298. The SMILES string of the molecule is O=C(CCCC(=O)Oc1c(Cl)ccc(Cl)c1Cl)Oc1c(Cl)ccc(Cl)c1Cl. The summed E-state index contributed by atoms with van der Waals surface area (Å²) in [5, 5.41) is 0.736. The average molecular weight is 491 g/mol. The largest absolute Gasteiger partial charge is 0.423 e. The van der Waals surface area contributed by atoms with Crippen LogP contribution in [0.15, 0.2) is 24.3 Å². The van der Waals surface area contributed by atoms with Crippen molar-refractivity contribution in [3.63, 3.8) is 0 Å². The number of hydrogen-bond acceptors (Lipinski definition) is 4. The molecule has 0 N–H and O–H groups in total. The number of hydrogen-bond donors (Lipinski definition) is 0. The molecule has 2 rings (SSSR count). The number of rotatable bonds is 6. The van der Waals surface area contributed by atoms with Crippen molar-refractivity contribution in [2.24, 2.45) is 0 Å². The Morgan fingerprint density at radius 1 is 0.630 bits per heavy atom. The van der Waals surface area contributed by atoms with Crippen molar-refractivity contribution in [1.82, 2.24) is 0 Å². The van der Waals surface area contributed by atoms with Gasteiger partial charge < -0.3 is 9.47 Å². The van der Waals surface area contributed by atoms with E-state index in [9.17, 15) is 9.59 Å². The van der Waals surface area contributed by atoms with Gasteiger partial charge in [0.1, 0.15) is 10.0 Å². The molecule has 0 radical (unpaired) electrons. The number of carbonyl (C=O) groups is 2. The van der Waals surface area contributed by atoms with E-state index in [0.29, 0.717) is 0 Å². The molecule has 2 aromatic carbocycles. The lowest BCUT2D eigenvalue weighted by Crippen LogP contribution is -2.12. The average Bonchev–Trinajstić information content (AvgIpc) is 2.62. The summed E-state index contributed by atoms with van der Waals surface area (Å²) < 4.78 is 10.2. The molecule has 144 valence electrons. The number of halogens is 6. The van der Waals surface area contributed by atoms with Gasteiger partial charge in [-0.15, -0.1) is 0 Å². The second-order valence-electron chi connectivity index (χ2n) is 5.15. The third-order valence-electron chi connectivity index (χ3n) is 3.20. The lowest BCUT2D eigenvalue weighted by atomic mass is 10.2. The Kier molecular flexibility index (Phi) is 8.35. The zero-order chi connectivity index (χ0) is 20.1. The first-order chi connectivity index (χ1) is 12.7. The van der Waals surface area contributed by atoms with E-state index in [-0.39, 0.29) is 60.9 Å². The summed E-state index contributed by atoms with van der Waals surface area (Å²) in [6.07, 6.45) is -0.000162. The monoisotopic (exact) mass is 488 g/mol. The maximum atomic E-state index is 11.9. The van der Waals surface area contributed by atoms with Gasteiger partial charge in [0.25, 0.3) is 0 Å². The van der Waals surface area contributed by atoms with Crippen LogP contribution < -0.4 is 9.47 Å². The second-order valence-corrected chi connectivity index (χ2v) is 7.53.